The molecule has 1 aromatic heterocycles. The van der Waals surface area contributed by atoms with Gasteiger partial charge in [0, 0.05) is 17.9 Å². The average Bonchev–Trinajstić information content (AvgIpc) is 2.69. The topological polar surface area (TPSA) is 63.9 Å². The van der Waals surface area contributed by atoms with Crippen LogP contribution in [0.5, 0.6) is 5.75 Å². The van der Waals surface area contributed by atoms with Crippen molar-refractivity contribution < 1.29 is 4.74 Å². The predicted octanol–water partition coefficient (Wildman–Crippen LogP) is 2.40. The van der Waals surface area contributed by atoms with E-state index in [0.29, 0.717) is 6.61 Å². The van der Waals surface area contributed by atoms with Gasteiger partial charge in [0.15, 0.2) is 5.16 Å². The Kier molecular flexibility index (Phi) is 3.91. The molecule has 17 heavy (non-hydrogen) atoms. The van der Waals surface area contributed by atoms with E-state index in [1.165, 1.54) is 0 Å². The molecule has 1 atom stereocenters. The summed E-state index contributed by atoms with van der Waals surface area (Å²) < 4.78 is 5.45. The Balaban J connectivity index is 2.18. The minimum absolute atomic E-state index is 0.173. The lowest BCUT2D eigenvalue weighted by Crippen LogP contribution is -2.17. The van der Waals surface area contributed by atoms with Gasteiger partial charge < -0.3 is 15.5 Å². The van der Waals surface area contributed by atoms with E-state index in [1.807, 2.05) is 32.0 Å². The van der Waals surface area contributed by atoms with E-state index < -0.39 is 0 Å². The highest BCUT2D eigenvalue weighted by Gasteiger charge is 2.05. The van der Waals surface area contributed by atoms with E-state index in [-0.39, 0.29) is 6.04 Å². The van der Waals surface area contributed by atoms with Crippen molar-refractivity contribution in [1.82, 2.24) is 9.97 Å². The number of H-pyrrole nitrogens is 1. The summed E-state index contributed by atoms with van der Waals surface area (Å²) in [6.45, 7) is 4.63. The van der Waals surface area contributed by atoms with Gasteiger partial charge in [0.05, 0.1) is 17.6 Å². The summed E-state index contributed by atoms with van der Waals surface area (Å²) in [5.74, 6) is 1.73. The minimum atomic E-state index is 0.173. The van der Waals surface area contributed by atoms with E-state index in [4.69, 9.17) is 10.5 Å². The molecule has 0 aliphatic carbocycles. The Labute approximate surface area is 105 Å². The Morgan fingerprint density at radius 2 is 2.35 bits per heavy atom. The largest absolute Gasteiger partial charge is 0.494 e. The number of rotatable bonds is 5. The molecule has 0 fully saturated rings. The molecule has 0 radical (unpaired) electrons. The van der Waals surface area contributed by atoms with Gasteiger partial charge in [-0.3, -0.25) is 0 Å². The molecule has 0 amide bonds. The van der Waals surface area contributed by atoms with Crippen molar-refractivity contribution in [3.63, 3.8) is 0 Å². The number of aromatic amines is 1. The average molecular weight is 251 g/mol. The molecule has 5 heteroatoms. The molecule has 2 aromatic rings. The van der Waals surface area contributed by atoms with Gasteiger partial charge in [-0.15, -0.1) is 0 Å². The number of hydrogen-bond acceptors (Lipinski definition) is 4. The van der Waals surface area contributed by atoms with Crippen LogP contribution < -0.4 is 10.5 Å². The molecule has 3 N–H and O–H groups in total. The number of ether oxygens (including phenoxy) is 1. The van der Waals surface area contributed by atoms with Crippen molar-refractivity contribution in [2.45, 2.75) is 25.0 Å². The number of fused-ring (bicyclic) bond motifs is 1. The summed E-state index contributed by atoms with van der Waals surface area (Å²) in [4.78, 5) is 7.75. The summed E-state index contributed by atoms with van der Waals surface area (Å²) in [7, 11) is 0. The molecule has 1 aromatic carbocycles. The van der Waals surface area contributed by atoms with Crippen LogP contribution in [0.4, 0.5) is 0 Å². The highest BCUT2D eigenvalue weighted by molar-refractivity contribution is 7.99. The SMILES string of the molecule is CCOc1ccc2nc(SCC(C)N)[nH]c2c1. The lowest BCUT2D eigenvalue weighted by atomic mass is 10.3. The summed E-state index contributed by atoms with van der Waals surface area (Å²) in [5.41, 5.74) is 7.68. The van der Waals surface area contributed by atoms with E-state index in [0.717, 1.165) is 27.7 Å². The van der Waals surface area contributed by atoms with Crippen molar-refractivity contribution in [3.8, 4) is 5.75 Å². The summed E-state index contributed by atoms with van der Waals surface area (Å²) in [6, 6.07) is 6.05. The summed E-state index contributed by atoms with van der Waals surface area (Å²) >= 11 is 1.64. The Hall–Kier alpha value is -1.20. The zero-order valence-electron chi connectivity index (χ0n) is 10.1. The number of hydrogen-bond donors (Lipinski definition) is 2. The van der Waals surface area contributed by atoms with E-state index in [1.54, 1.807) is 11.8 Å². The third-order valence-corrected chi connectivity index (χ3v) is 3.38. The van der Waals surface area contributed by atoms with Gasteiger partial charge in [-0.05, 0) is 26.0 Å². The van der Waals surface area contributed by atoms with E-state index in [2.05, 4.69) is 9.97 Å². The maximum atomic E-state index is 5.72. The van der Waals surface area contributed by atoms with Gasteiger partial charge in [0.25, 0.3) is 0 Å². The van der Waals surface area contributed by atoms with Crippen LogP contribution in [-0.4, -0.2) is 28.4 Å². The Morgan fingerprint density at radius 3 is 3.06 bits per heavy atom. The molecule has 0 spiro atoms. The Bertz CT molecular complexity index is 495. The fourth-order valence-electron chi connectivity index (χ4n) is 1.50. The second kappa shape index (κ2) is 5.42. The highest BCUT2D eigenvalue weighted by atomic mass is 32.2. The molecule has 0 saturated heterocycles. The van der Waals surface area contributed by atoms with Crippen LogP contribution in [0.25, 0.3) is 11.0 Å². The predicted molar refractivity (Wildman–Crippen MR) is 71.6 cm³/mol. The number of aromatic nitrogens is 2. The first-order valence-corrected chi connectivity index (χ1v) is 6.68. The second-order valence-corrected chi connectivity index (χ2v) is 4.95. The van der Waals surface area contributed by atoms with Crippen molar-refractivity contribution in [1.29, 1.82) is 0 Å². The minimum Gasteiger partial charge on any atom is -0.494 e. The normalized spacial score (nSPS) is 12.9. The molecular weight excluding hydrogens is 234 g/mol. The number of nitrogens with one attached hydrogen (secondary N) is 1. The molecule has 1 unspecified atom stereocenters. The molecular formula is C12H17N3OS. The smallest absolute Gasteiger partial charge is 0.166 e. The molecule has 2 rings (SSSR count). The monoisotopic (exact) mass is 251 g/mol. The van der Waals surface area contributed by atoms with Gasteiger partial charge in [0.2, 0.25) is 0 Å². The van der Waals surface area contributed by atoms with Crippen LogP contribution in [0.15, 0.2) is 23.4 Å². The maximum absolute atomic E-state index is 5.72. The zero-order valence-corrected chi connectivity index (χ0v) is 10.9. The highest BCUT2D eigenvalue weighted by Crippen LogP contribution is 2.23. The quantitative estimate of drug-likeness (QED) is 0.801. The summed E-state index contributed by atoms with van der Waals surface area (Å²) in [6.07, 6.45) is 0. The molecule has 0 aliphatic rings. The molecule has 0 bridgehead atoms. The fourth-order valence-corrected chi connectivity index (χ4v) is 2.27. The molecule has 0 aliphatic heterocycles. The molecule has 92 valence electrons. The maximum Gasteiger partial charge on any atom is 0.166 e. The number of imidazole rings is 1. The number of thioether (sulfide) groups is 1. The summed E-state index contributed by atoms with van der Waals surface area (Å²) in [5, 5.41) is 0.908. The van der Waals surface area contributed by atoms with Crippen LogP contribution in [0.3, 0.4) is 0 Å². The van der Waals surface area contributed by atoms with Crippen LogP contribution in [0, 0.1) is 0 Å². The number of nitrogens with two attached hydrogens (primary N) is 1. The first-order valence-electron chi connectivity index (χ1n) is 5.70. The van der Waals surface area contributed by atoms with E-state index in [9.17, 15) is 0 Å². The van der Waals surface area contributed by atoms with Crippen LogP contribution >= 0.6 is 11.8 Å². The van der Waals surface area contributed by atoms with Gasteiger partial charge in [-0.25, -0.2) is 4.98 Å². The lowest BCUT2D eigenvalue weighted by molar-refractivity contribution is 0.340. The van der Waals surface area contributed by atoms with Crippen molar-refractivity contribution in [2.24, 2.45) is 5.73 Å². The molecule has 4 nitrogen and oxygen atoms in total. The van der Waals surface area contributed by atoms with Crippen molar-refractivity contribution >= 4 is 22.8 Å². The second-order valence-electron chi connectivity index (χ2n) is 3.94. The molecule has 0 saturated carbocycles. The van der Waals surface area contributed by atoms with E-state index >= 15 is 0 Å². The Morgan fingerprint density at radius 1 is 1.53 bits per heavy atom. The lowest BCUT2D eigenvalue weighted by Gasteiger charge is -2.01. The van der Waals surface area contributed by atoms with Gasteiger partial charge >= 0.3 is 0 Å². The third kappa shape index (κ3) is 3.14. The van der Waals surface area contributed by atoms with Gasteiger partial charge in [0.1, 0.15) is 5.75 Å². The van der Waals surface area contributed by atoms with Crippen LogP contribution in [0.2, 0.25) is 0 Å². The van der Waals surface area contributed by atoms with Gasteiger partial charge in [-0.2, -0.15) is 0 Å². The first kappa shape index (κ1) is 12.3. The number of nitrogens with zero attached hydrogens (tertiary/aromatic N) is 1. The van der Waals surface area contributed by atoms with Crippen LogP contribution in [0.1, 0.15) is 13.8 Å². The molecule has 1 heterocycles. The van der Waals surface area contributed by atoms with Crippen molar-refractivity contribution in [2.75, 3.05) is 12.4 Å². The van der Waals surface area contributed by atoms with Crippen molar-refractivity contribution in [3.05, 3.63) is 18.2 Å². The zero-order chi connectivity index (χ0) is 12.3. The standard InChI is InChI=1S/C12H17N3OS/c1-3-16-9-4-5-10-11(6-9)15-12(14-10)17-7-8(2)13/h4-6,8H,3,7,13H2,1-2H3,(H,14,15). The van der Waals surface area contributed by atoms with Gasteiger partial charge in [-0.1, -0.05) is 11.8 Å². The van der Waals surface area contributed by atoms with Crippen LogP contribution in [-0.2, 0) is 0 Å². The fraction of sp³-hybridized carbons (Fsp3) is 0.417. The number of benzene rings is 1. The first-order chi connectivity index (χ1) is 8.19. The third-order valence-electron chi connectivity index (χ3n) is 2.23.